The van der Waals surface area contributed by atoms with Crippen LogP contribution in [0.25, 0.3) is 10.9 Å². The molecule has 0 saturated heterocycles. The summed E-state index contributed by atoms with van der Waals surface area (Å²) in [5.74, 6) is 0. The van der Waals surface area contributed by atoms with E-state index in [2.05, 4.69) is 88.3 Å². The van der Waals surface area contributed by atoms with Crippen LogP contribution in [0.3, 0.4) is 0 Å². The summed E-state index contributed by atoms with van der Waals surface area (Å²) in [7, 11) is 0. The summed E-state index contributed by atoms with van der Waals surface area (Å²) >= 11 is -4.23. The molecule has 0 bridgehead atoms. The largest absolute Gasteiger partial charge is 0.147 e. The van der Waals surface area contributed by atoms with Crippen LogP contribution >= 0.6 is 24.8 Å². The Bertz CT molecular complexity index is 939. The average Bonchev–Trinajstić information content (AvgIpc) is 3.09. The molecule has 1 aromatic carbocycles. The molecule has 4 heteroatoms. The van der Waals surface area contributed by atoms with Crippen LogP contribution in [0, 0.1) is 0 Å². The zero-order chi connectivity index (χ0) is 16.3. The van der Waals surface area contributed by atoms with Gasteiger partial charge in [0.05, 0.1) is 0 Å². The van der Waals surface area contributed by atoms with E-state index in [1.807, 2.05) is 0 Å². The third-order valence-electron chi connectivity index (χ3n) is 7.75. The van der Waals surface area contributed by atoms with Crippen LogP contribution in [0.2, 0.25) is 20.9 Å². The summed E-state index contributed by atoms with van der Waals surface area (Å²) in [4.78, 5) is 3.81. The second-order valence-corrected chi connectivity index (χ2v) is 34.3. The second kappa shape index (κ2) is 4.98. The first kappa shape index (κ1) is 21.4. The fourth-order valence-electron chi connectivity index (χ4n) is 3.88. The van der Waals surface area contributed by atoms with Crippen molar-refractivity contribution in [1.82, 2.24) is 4.98 Å². The topological polar surface area (TPSA) is 15.8 Å². The monoisotopic (exact) mass is 403 g/mol. The fourth-order valence-corrected chi connectivity index (χ4v) is 12.1. The van der Waals surface area contributed by atoms with Gasteiger partial charge in [0.2, 0.25) is 0 Å². The van der Waals surface area contributed by atoms with Gasteiger partial charge in [-0.15, -0.1) is 24.8 Å². The number of aromatic nitrogens is 1. The summed E-state index contributed by atoms with van der Waals surface area (Å²) < 4.78 is 4.58. The van der Waals surface area contributed by atoms with Crippen molar-refractivity contribution in [2.24, 2.45) is 0 Å². The van der Waals surface area contributed by atoms with Gasteiger partial charge in [-0.3, -0.25) is 0 Å². The smallest absolute Gasteiger partial charge is 0.147 e. The van der Waals surface area contributed by atoms with E-state index in [9.17, 15) is 0 Å². The SMILES string of the molecule is C[C](C)=[Ti]([CH3])([CH3])([CH3])([CH3])([C]1=CC=CC1)[c]1cc2ccccc2[nH]1.Cl.Cl. The van der Waals surface area contributed by atoms with Crippen molar-refractivity contribution < 1.29 is 12.3 Å². The number of allylic oxidation sites excluding steroid dienone is 4. The predicted molar refractivity (Wildman–Crippen MR) is 114 cm³/mol. The second-order valence-electron chi connectivity index (χ2n) is 11.0. The average molecular weight is 404 g/mol. The molecule has 0 unspecified atom stereocenters. The first-order valence-electron chi connectivity index (χ1n) is 8.37. The van der Waals surface area contributed by atoms with Crippen molar-refractivity contribution in [3.05, 3.63) is 52.4 Å². The van der Waals surface area contributed by atoms with Crippen molar-refractivity contribution in [2.45, 2.75) is 41.2 Å². The molecule has 134 valence electrons. The first-order chi connectivity index (χ1) is 9.92. The number of hydrogen-bond acceptors (Lipinski definition) is 0. The Labute approximate surface area is 153 Å². The minimum absolute atomic E-state index is 0. The van der Waals surface area contributed by atoms with Crippen molar-refractivity contribution >= 4 is 43.5 Å². The van der Waals surface area contributed by atoms with E-state index in [4.69, 9.17) is 0 Å². The van der Waals surface area contributed by atoms with E-state index in [1.165, 1.54) is 14.9 Å². The first-order valence-corrected chi connectivity index (χ1v) is 17.0. The van der Waals surface area contributed by atoms with Gasteiger partial charge in [-0.1, -0.05) is 0 Å². The van der Waals surface area contributed by atoms with Crippen LogP contribution in [0.5, 0.6) is 0 Å². The molecule has 1 aliphatic carbocycles. The van der Waals surface area contributed by atoms with Crippen LogP contribution in [0.1, 0.15) is 20.3 Å². The van der Waals surface area contributed by atoms with E-state index >= 15 is 0 Å². The summed E-state index contributed by atoms with van der Waals surface area (Å²) in [6.07, 6.45) is 7.96. The Morgan fingerprint density at radius 2 is 1.62 bits per heavy atom. The molecule has 1 nitrogen and oxygen atoms in total. The van der Waals surface area contributed by atoms with Crippen LogP contribution in [0.4, 0.5) is 0 Å². The Morgan fingerprint density at radius 3 is 2.12 bits per heavy atom. The van der Waals surface area contributed by atoms with E-state index in [0.717, 1.165) is 6.42 Å². The number of benzene rings is 1. The Hall–Kier alpha value is -0.596. The minimum atomic E-state index is -4.23. The van der Waals surface area contributed by atoms with Crippen LogP contribution in [-0.4, -0.2) is 8.80 Å². The van der Waals surface area contributed by atoms with Crippen molar-refractivity contribution in [3.8, 4) is 0 Å². The quantitative estimate of drug-likeness (QED) is 0.540. The third-order valence-corrected chi connectivity index (χ3v) is 25.8. The Balaban J connectivity index is 0.00000144. The van der Waals surface area contributed by atoms with Gasteiger partial charge in [-0.05, 0) is 0 Å². The molecule has 0 amide bonds. The maximum Gasteiger partial charge on any atom is -0.147 e. The van der Waals surface area contributed by atoms with Gasteiger partial charge in [0.1, 0.15) is 0 Å². The standard InChI is InChI=1S/C8H6N.C5H5.C3H6.4CH3.2ClH.Ti/c1-2-4-8-7(3-1)5-6-9-8;1-2-4-5-3-1;1-3-2;;;;;;;/h1-5,9H;1-3H,4H2;1-2H3;4*1H3;2*1H;. The minimum Gasteiger partial charge on any atom is -0.147 e. The molecular weight excluding hydrogens is 373 g/mol. The normalized spacial score (nSPS) is 18.4. The molecule has 1 aliphatic rings. The molecule has 24 heavy (non-hydrogen) atoms. The molecule has 1 aromatic heterocycles. The molecule has 3 rings (SSSR count). The Kier molecular flexibility index (Phi) is 4.45. The molecule has 0 fully saturated rings. The van der Waals surface area contributed by atoms with E-state index in [-0.39, 0.29) is 24.8 Å². The van der Waals surface area contributed by atoms with Gasteiger partial charge in [-0.2, -0.15) is 0 Å². The third kappa shape index (κ3) is 2.36. The van der Waals surface area contributed by atoms with Gasteiger partial charge in [-0.25, -0.2) is 0 Å². The van der Waals surface area contributed by atoms with Gasteiger partial charge in [0, 0.05) is 0 Å². The number of para-hydroxylation sites is 1. The molecule has 0 radical (unpaired) electrons. The maximum absolute atomic E-state index is 4.23. The van der Waals surface area contributed by atoms with E-state index in [0.29, 0.717) is 0 Å². The zero-order valence-electron chi connectivity index (χ0n) is 15.6. The van der Waals surface area contributed by atoms with Gasteiger partial charge in [0.15, 0.2) is 0 Å². The maximum atomic E-state index is 3.81. The van der Waals surface area contributed by atoms with E-state index < -0.39 is 12.3 Å². The summed E-state index contributed by atoms with van der Waals surface area (Å²) in [5.41, 5.74) is 1.24. The number of H-pyrrole nitrogens is 1. The Morgan fingerprint density at radius 1 is 1.00 bits per heavy atom. The molecule has 0 aliphatic heterocycles. The molecule has 2 aromatic rings. The zero-order valence-corrected chi connectivity index (χ0v) is 18.8. The molecule has 1 heterocycles. The van der Waals surface area contributed by atoms with Crippen LogP contribution < -0.4 is 4.00 Å². The summed E-state index contributed by atoms with van der Waals surface area (Å²) in [6.45, 7) is 4.67. The van der Waals surface area contributed by atoms with E-state index in [1.54, 1.807) is 7.69 Å². The molecule has 0 spiro atoms. The van der Waals surface area contributed by atoms with Crippen molar-refractivity contribution in [1.29, 1.82) is 0 Å². The van der Waals surface area contributed by atoms with Crippen molar-refractivity contribution in [3.63, 3.8) is 0 Å². The number of rotatable bonds is 2. The molecule has 0 atom stereocenters. The number of fused-ring (bicyclic) bond motifs is 1. The van der Waals surface area contributed by atoms with Crippen LogP contribution in [0.15, 0.2) is 52.4 Å². The summed E-state index contributed by atoms with van der Waals surface area (Å²) in [5, 5.41) is 11.6. The fraction of sp³-hybridized carbons (Fsp3) is 0.350. The van der Waals surface area contributed by atoms with Gasteiger partial charge in [0.25, 0.3) is 0 Å². The number of nitrogens with one attached hydrogen (secondary N) is 1. The number of hydrogen-bond donors (Lipinski definition) is 1. The summed E-state index contributed by atoms with van der Waals surface area (Å²) in [6, 6.07) is 11.0. The van der Waals surface area contributed by atoms with Crippen LogP contribution in [-0.2, 0) is 12.3 Å². The van der Waals surface area contributed by atoms with Crippen molar-refractivity contribution in [2.75, 3.05) is 0 Å². The number of halogens is 2. The molecule has 1 N–H and O–H groups in total. The van der Waals surface area contributed by atoms with Gasteiger partial charge >= 0.3 is 130 Å². The predicted octanol–water partition coefficient (Wildman–Crippen LogP) is 6.65. The molecular formula is C20H31Cl2NTi. The number of aromatic amines is 1. The van der Waals surface area contributed by atoms with Gasteiger partial charge < -0.3 is 0 Å². The molecule has 0 saturated carbocycles.